The first-order valence-electron chi connectivity index (χ1n) is 6.24. The fraction of sp³-hybridized carbons (Fsp3) is 0.214. The van der Waals surface area contributed by atoms with E-state index in [-0.39, 0.29) is 28.8 Å². The summed E-state index contributed by atoms with van der Waals surface area (Å²) in [6.45, 7) is 2.98. The van der Waals surface area contributed by atoms with E-state index in [1.165, 1.54) is 13.0 Å². The number of carbonyl (C=O) groups excluding carboxylic acids is 2. The number of rotatable bonds is 3. The van der Waals surface area contributed by atoms with E-state index in [1.807, 2.05) is 0 Å². The lowest BCUT2D eigenvalue weighted by molar-refractivity contribution is -0.114. The first-order valence-corrected chi connectivity index (χ1v) is 6.24. The SMILES string of the molecule is CCOC(=O)c1c[nH]c2c(F)ccc(NC(C)=O)c2c1=O. The van der Waals surface area contributed by atoms with Crippen molar-refractivity contribution in [3.05, 3.63) is 39.9 Å². The van der Waals surface area contributed by atoms with Crippen molar-refractivity contribution < 1.29 is 18.7 Å². The Morgan fingerprint density at radius 1 is 1.38 bits per heavy atom. The number of amides is 1. The summed E-state index contributed by atoms with van der Waals surface area (Å²) in [5.41, 5.74) is -0.905. The minimum absolute atomic E-state index is 0.0840. The Bertz CT molecular complexity index is 782. The van der Waals surface area contributed by atoms with Gasteiger partial charge >= 0.3 is 5.97 Å². The molecule has 0 spiro atoms. The lowest BCUT2D eigenvalue weighted by atomic mass is 10.1. The zero-order valence-corrected chi connectivity index (χ0v) is 11.5. The highest BCUT2D eigenvalue weighted by Gasteiger charge is 2.18. The molecule has 0 saturated heterocycles. The predicted octanol–water partition coefficient (Wildman–Crippen LogP) is 1.80. The summed E-state index contributed by atoms with van der Waals surface area (Å²) in [7, 11) is 0. The minimum Gasteiger partial charge on any atom is -0.462 e. The molecule has 7 heteroatoms. The molecule has 2 aromatic rings. The van der Waals surface area contributed by atoms with Crippen molar-refractivity contribution in [2.45, 2.75) is 13.8 Å². The van der Waals surface area contributed by atoms with Crippen LogP contribution in [0.2, 0.25) is 0 Å². The molecule has 0 aliphatic rings. The molecule has 0 bridgehead atoms. The Morgan fingerprint density at radius 3 is 2.71 bits per heavy atom. The van der Waals surface area contributed by atoms with Crippen LogP contribution < -0.4 is 10.7 Å². The summed E-state index contributed by atoms with van der Waals surface area (Å²) in [6, 6.07) is 2.39. The second-order valence-electron chi connectivity index (χ2n) is 4.28. The summed E-state index contributed by atoms with van der Waals surface area (Å²) in [6.07, 6.45) is 1.10. The van der Waals surface area contributed by atoms with Crippen molar-refractivity contribution in [3.63, 3.8) is 0 Å². The molecule has 21 heavy (non-hydrogen) atoms. The third kappa shape index (κ3) is 2.76. The largest absolute Gasteiger partial charge is 0.462 e. The summed E-state index contributed by atoms with van der Waals surface area (Å²) >= 11 is 0. The van der Waals surface area contributed by atoms with Crippen molar-refractivity contribution >= 4 is 28.5 Å². The van der Waals surface area contributed by atoms with Crippen LogP contribution in [0.1, 0.15) is 24.2 Å². The average Bonchev–Trinajstić information content (AvgIpc) is 2.42. The second-order valence-corrected chi connectivity index (χ2v) is 4.28. The first kappa shape index (κ1) is 14.7. The van der Waals surface area contributed by atoms with Gasteiger partial charge in [-0.15, -0.1) is 0 Å². The molecule has 0 aliphatic heterocycles. The average molecular weight is 292 g/mol. The Hall–Kier alpha value is -2.70. The number of aromatic nitrogens is 1. The molecule has 1 heterocycles. The number of carbonyl (C=O) groups is 2. The van der Waals surface area contributed by atoms with E-state index >= 15 is 0 Å². The lowest BCUT2D eigenvalue weighted by Crippen LogP contribution is -2.20. The van der Waals surface area contributed by atoms with Crippen LogP contribution in [-0.2, 0) is 9.53 Å². The van der Waals surface area contributed by atoms with Crippen molar-refractivity contribution in [1.82, 2.24) is 4.98 Å². The van der Waals surface area contributed by atoms with Crippen molar-refractivity contribution in [3.8, 4) is 0 Å². The molecule has 6 nitrogen and oxygen atoms in total. The molecule has 2 rings (SSSR count). The molecule has 1 aromatic carbocycles. The van der Waals surface area contributed by atoms with Crippen LogP contribution in [0.25, 0.3) is 10.9 Å². The maximum Gasteiger partial charge on any atom is 0.343 e. The number of anilines is 1. The molecule has 0 saturated carbocycles. The number of fused-ring (bicyclic) bond motifs is 1. The normalized spacial score (nSPS) is 10.4. The van der Waals surface area contributed by atoms with E-state index in [9.17, 15) is 18.8 Å². The van der Waals surface area contributed by atoms with E-state index in [0.29, 0.717) is 0 Å². The first-order chi connectivity index (χ1) is 9.95. The molecular weight excluding hydrogens is 279 g/mol. The Balaban J connectivity index is 2.74. The van der Waals surface area contributed by atoms with Gasteiger partial charge in [0.05, 0.1) is 23.2 Å². The third-order valence-electron chi connectivity index (χ3n) is 2.79. The molecule has 0 radical (unpaired) electrons. The monoisotopic (exact) mass is 292 g/mol. The van der Waals surface area contributed by atoms with Gasteiger partial charge in [0.1, 0.15) is 11.4 Å². The minimum atomic E-state index is -0.807. The van der Waals surface area contributed by atoms with Gasteiger partial charge in [0.15, 0.2) is 0 Å². The number of ether oxygens (including phenoxy) is 1. The smallest absolute Gasteiger partial charge is 0.343 e. The van der Waals surface area contributed by atoms with E-state index < -0.39 is 23.1 Å². The summed E-state index contributed by atoms with van der Waals surface area (Å²) < 4.78 is 18.5. The van der Waals surface area contributed by atoms with Gasteiger partial charge < -0.3 is 15.0 Å². The summed E-state index contributed by atoms with van der Waals surface area (Å²) in [5, 5.41) is 2.34. The topological polar surface area (TPSA) is 88.3 Å². The summed E-state index contributed by atoms with van der Waals surface area (Å²) in [4.78, 5) is 37.8. The number of hydrogen-bond acceptors (Lipinski definition) is 4. The zero-order valence-electron chi connectivity index (χ0n) is 11.5. The van der Waals surface area contributed by atoms with Gasteiger partial charge in [-0.2, -0.15) is 0 Å². The van der Waals surface area contributed by atoms with Crippen LogP contribution in [0.3, 0.4) is 0 Å². The standard InChI is InChI=1S/C14H13FN2O4/c1-3-21-14(20)8-6-16-12-9(15)4-5-10(17-7(2)18)11(12)13(8)19/h4-6H,3H2,1-2H3,(H,16,19)(H,17,18). The maximum atomic E-state index is 13.8. The van der Waals surface area contributed by atoms with Crippen LogP contribution >= 0.6 is 0 Å². The van der Waals surface area contributed by atoms with Crippen molar-refractivity contribution in [1.29, 1.82) is 0 Å². The quantitative estimate of drug-likeness (QED) is 0.844. The number of halogens is 1. The zero-order chi connectivity index (χ0) is 15.6. The van der Waals surface area contributed by atoms with Gasteiger partial charge in [-0.05, 0) is 19.1 Å². The fourth-order valence-corrected chi connectivity index (χ4v) is 1.95. The molecular formula is C14H13FN2O4. The van der Waals surface area contributed by atoms with Crippen molar-refractivity contribution in [2.24, 2.45) is 0 Å². The molecule has 0 atom stereocenters. The Labute approximate surface area is 118 Å². The Kier molecular flexibility index (Phi) is 4.02. The highest BCUT2D eigenvalue weighted by Crippen LogP contribution is 2.22. The summed E-state index contributed by atoms with van der Waals surface area (Å²) in [5.74, 6) is -1.88. The third-order valence-corrected chi connectivity index (χ3v) is 2.79. The lowest BCUT2D eigenvalue weighted by Gasteiger charge is -2.09. The molecule has 2 N–H and O–H groups in total. The van der Waals surface area contributed by atoms with Crippen LogP contribution in [0.4, 0.5) is 10.1 Å². The molecule has 0 unspecified atom stereocenters. The van der Waals surface area contributed by atoms with E-state index in [0.717, 1.165) is 12.3 Å². The van der Waals surface area contributed by atoms with Gasteiger partial charge in [0.2, 0.25) is 11.3 Å². The highest BCUT2D eigenvalue weighted by molar-refractivity contribution is 6.02. The van der Waals surface area contributed by atoms with Crippen molar-refractivity contribution in [2.75, 3.05) is 11.9 Å². The second kappa shape index (κ2) is 5.74. The number of benzene rings is 1. The maximum absolute atomic E-state index is 13.8. The van der Waals surface area contributed by atoms with Gasteiger partial charge in [-0.25, -0.2) is 9.18 Å². The van der Waals surface area contributed by atoms with Crippen LogP contribution in [0.5, 0.6) is 0 Å². The number of esters is 1. The number of pyridine rings is 1. The van der Waals surface area contributed by atoms with Crippen LogP contribution in [0.15, 0.2) is 23.1 Å². The van der Waals surface area contributed by atoms with Crippen LogP contribution in [0, 0.1) is 5.82 Å². The molecule has 0 fully saturated rings. The van der Waals surface area contributed by atoms with Crippen LogP contribution in [-0.4, -0.2) is 23.5 Å². The molecule has 1 amide bonds. The molecule has 1 aromatic heterocycles. The van der Waals surface area contributed by atoms with E-state index in [2.05, 4.69) is 10.3 Å². The number of aromatic amines is 1. The van der Waals surface area contributed by atoms with Gasteiger partial charge in [-0.1, -0.05) is 0 Å². The number of hydrogen-bond donors (Lipinski definition) is 2. The number of H-pyrrole nitrogens is 1. The fourth-order valence-electron chi connectivity index (χ4n) is 1.95. The molecule has 110 valence electrons. The highest BCUT2D eigenvalue weighted by atomic mass is 19.1. The van der Waals surface area contributed by atoms with E-state index in [1.54, 1.807) is 6.92 Å². The Morgan fingerprint density at radius 2 is 2.10 bits per heavy atom. The predicted molar refractivity (Wildman–Crippen MR) is 74.8 cm³/mol. The van der Waals surface area contributed by atoms with E-state index in [4.69, 9.17) is 4.74 Å². The molecule has 0 aliphatic carbocycles. The van der Waals surface area contributed by atoms with Gasteiger partial charge in [0.25, 0.3) is 0 Å². The van der Waals surface area contributed by atoms with Gasteiger partial charge in [-0.3, -0.25) is 9.59 Å². The number of nitrogens with one attached hydrogen (secondary N) is 2. The van der Waals surface area contributed by atoms with Gasteiger partial charge in [0, 0.05) is 13.1 Å².